The molecule has 0 radical (unpaired) electrons. The third kappa shape index (κ3) is 5.38. The van der Waals surface area contributed by atoms with Gasteiger partial charge in [0.15, 0.2) is 0 Å². The molecule has 4 rings (SSSR count). The number of nitrogens with one attached hydrogen (secondary N) is 1. The second-order valence-electron chi connectivity index (χ2n) is 8.18. The number of piperazine rings is 1. The molecule has 2 heterocycles. The molecule has 2 aliphatic heterocycles. The summed E-state index contributed by atoms with van der Waals surface area (Å²) in [6, 6.07) is 14.3. The number of rotatable bonds is 7. The Bertz CT molecular complexity index is 893. The molecule has 1 fully saturated rings. The maximum Gasteiger partial charge on any atom is 0.234 e. The zero-order valence-corrected chi connectivity index (χ0v) is 18.6. The predicted molar refractivity (Wildman–Crippen MR) is 123 cm³/mol. The van der Waals surface area contributed by atoms with E-state index < -0.39 is 0 Å². The molecule has 1 N–H and O–H groups in total. The lowest BCUT2D eigenvalue weighted by molar-refractivity contribution is -0.123. The number of carbonyl (C=O) groups excluding carboxylic acids is 1. The van der Waals surface area contributed by atoms with Crippen LogP contribution < -0.4 is 14.8 Å². The Labute approximate surface area is 185 Å². The summed E-state index contributed by atoms with van der Waals surface area (Å²) in [5.74, 6) is 1.81. The summed E-state index contributed by atoms with van der Waals surface area (Å²) >= 11 is 0. The summed E-state index contributed by atoms with van der Waals surface area (Å²) in [6.45, 7) is 10.9. The summed E-state index contributed by atoms with van der Waals surface area (Å²) in [4.78, 5) is 17.5. The van der Waals surface area contributed by atoms with Gasteiger partial charge in [-0.2, -0.15) is 0 Å². The molecule has 166 valence electrons. The number of ether oxygens (including phenoxy) is 2. The van der Waals surface area contributed by atoms with Crippen molar-refractivity contribution < 1.29 is 14.3 Å². The van der Waals surface area contributed by atoms with Crippen LogP contribution in [0.5, 0.6) is 11.5 Å². The van der Waals surface area contributed by atoms with Crippen molar-refractivity contribution in [2.24, 2.45) is 0 Å². The third-order valence-corrected chi connectivity index (χ3v) is 6.14. The lowest BCUT2D eigenvalue weighted by Crippen LogP contribution is -2.49. The fraction of sp³-hybridized carbons (Fsp3) is 0.480. The summed E-state index contributed by atoms with van der Waals surface area (Å²) < 4.78 is 11.5. The fourth-order valence-corrected chi connectivity index (χ4v) is 4.36. The molecule has 1 saturated heterocycles. The van der Waals surface area contributed by atoms with E-state index in [2.05, 4.69) is 46.3 Å². The number of hydrogen-bond acceptors (Lipinski definition) is 5. The topological polar surface area (TPSA) is 54.0 Å². The molecule has 2 aromatic rings. The number of nitrogens with zero attached hydrogens (tertiary/aromatic N) is 2. The number of hydrogen-bond donors (Lipinski definition) is 1. The average Bonchev–Trinajstić information content (AvgIpc) is 2.80. The number of carbonyl (C=O) groups is 1. The summed E-state index contributed by atoms with van der Waals surface area (Å²) in [5.41, 5.74) is 3.24. The van der Waals surface area contributed by atoms with Gasteiger partial charge in [0.25, 0.3) is 0 Å². The highest BCUT2D eigenvalue weighted by Gasteiger charge is 2.25. The number of amides is 1. The molecule has 31 heavy (non-hydrogen) atoms. The minimum absolute atomic E-state index is 0.0248. The highest BCUT2D eigenvalue weighted by atomic mass is 16.5. The molecular weight excluding hydrogens is 390 g/mol. The van der Waals surface area contributed by atoms with Gasteiger partial charge < -0.3 is 19.7 Å². The predicted octanol–water partition coefficient (Wildman–Crippen LogP) is 3.33. The van der Waals surface area contributed by atoms with E-state index in [-0.39, 0.29) is 11.9 Å². The molecule has 2 aliphatic rings. The van der Waals surface area contributed by atoms with Crippen LogP contribution in [0.3, 0.4) is 0 Å². The second kappa shape index (κ2) is 10.2. The first-order valence-corrected chi connectivity index (χ1v) is 11.4. The van der Waals surface area contributed by atoms with Crippen LogP contribution in [0.2, 0.25) is 0 Å². The molecule has 6 heteroatoms. The molecule has 0 spiro atoms. The van der Waals surface area contributed by atoms with Crippen LogP contribution in [0, 0.1) is 0 Å². The zero-order valence-electron chi connectivity index (χ0n) is 18.6. The van der Waals surface area contributed by atoms with Gasteiger partial charge in [-0.05, 0) is 48.9 Å². The zero-order chi connectivity index (χ0) is 21.6. The maximum atomic E-state index is 12.8. The maximum absolute atomic E-state index is 12.8. The van der Waals surface area contributed by atoms with Crippen molar-refractivity contribution in [1.82, 2.24) is 15.1 Å². The van der Waals surface area contributed by atoms with Crippen molar-refractivity contribution in [2.45, 2.75) is 26.3 Å². The Balaban J connectivity index is 1.45. The van der Waals surface area contributed by atoms with Gasteiger partial charge in [0.05, 0.1) is 25.8 Å². The highest BCUT2D eigenvalue weighted by molar-refractivity contribution is 5.79. The molecule has 0 saturated carbocycles. The Morgan fingerprint density at radius 1 is 1.06 bits per heavy atom. The van der Waals surface area contributed by atoms with E-state index >= 15 is 0 Å². The average molecular weight is 424 g/mol. The van der Waals surface area contributed by atoms with Gasteiger partial charge in [-0.3, -0.25) is 9.69 Å². The highest BCUT2D eigenvalue weighted by Crippen LogP contribution is 2.36. The molecule has 0 aromatic heterocycles. The van der Waals surface area contributed by atoms with E-state index in [9.17, 15) is 4.79 Å². The van der Waals surface area contributed by atoms with Crippen LogP contribution in [-0.4, -0.2) is 68.2 Å². The molecule has 1 amide bonds. The summed E-state index contributed by atoms with van der Waals surface area (Å²) in [7, 11) is 0. The fourth-order valence-electron chi connectivity index (χ4n) is 4.36. The largest absolute Gasteiger partial charge is 0.494 e. The van der Waals surface area contributed by atoms with Crippen LogP contribution in [0.4, 0.5) is 0 Å². The monoisotopic (exact) mass is 423 g/mol. The van der Waals surface area contributed by atoms with Crippen LogP contribution in [0.1, 0.15) is 31.9 Å². The van der Waals surface area contributed by atoms with Crippen molar-refractivity contribution in [3.8, 4) is 22.6 Å². The lowest BCUT2D eigenvalue weighted by atomic mass is 9.95. The SMILES string of the molecule is CCOc1cccc(-c2ccc3c(c2)C(NC(=O)CN2CCN(CC)CC2)CCO3)c1. The molecule has 0 bridgehead atoms. The number of fused-ring (bicyclic) bond motifs is 1. The van der Waals surface area contributed by atoms with Crippen LogP contribution >= 0.6 is 0 Å². The van der Waals surface area contributed by atoms with Crippen molar-refractivity contribution in [3.63, 3.8) is 0 Å². The van der Waals surface area contributed by atoms with Crippen molar-refractivity contribution in [2.75, 3.05) is 52.5 Å². The van der Waals surface area contributed by atoms with Crippen molar-refractivity contribution in [1.29, 1.82) is 0 Å². The van der Waals surface area contributed by atoms with Crippen LogP contribution in [-0.2, 0) is 4.79 Å². The number of benzene rings is 2. The van der Waals surface area contributed by atoms with Crippen molar-refractivity contribution in [3.05, 3.63) is 48.0 Å². The van der Waals surface area contributed by atoms with E-state index in [0.29, 0.717) is 19.8 Å². The smallest absolute Gasteiger partial charge is 0.234 e. The first-order valence-electron chi connectivity index (χ1n) is 11.4. The van der Waals surface area contributed by atoms with E-state index in [1.165, 1.54) is 0 Å². The molecule has 1 atom stereocenters. The first kappa shape index (κ1) is 21.7. The van der Waals surface area contributed by atoms with E-state index in [4.69, 9.17) is 9.47 Å². The van der Waals surface area contributed by atoms with E-state index in [0.717, 1.165) is 67.3 Å². The first-order chi connectivity index (χ1) is 15.2. The molecule has 6 nitrogen and oxygen atoms in total. The minimum Gasteiger partial charge on any atom is -0.494 e. The molecule has 0 aliphatic carbocycles. The van der Waals surface area contributed by atoms with Crippen molar-refractivity contribution >= 4 is 5.91 Å². The molecule has 1 unspecified atom stereocenters. The lowest BCUT2D eigenvalue weighted by Gasteiger charge is -2.34. The van der Waals surface area contributed by atoms with Crippen LogP contribution in [0.15, 0.2) is 42.5 Å². The number of likely N-dealkylation sites (N-methyl/N-ethyl adjacent to an activating group) is 1. The summed E-state index contributed by atoms with van der Waals surface area (Å²) in [5, 5.41) is 3.26. The quantitative estimate of drug-likeness (QED) is 0.740. The Hall–Kier alpha value is -2.57. The van der Waals surface area contributed by atoms with Gasteiger partial charge in [-0.1, -0.05) is 25.1 Å². The third-order valence-electron chi connectivity index (χ3n) is 6.14. The summed E-state index contributed by atoms with van der Waals surface area (Å²) in [6.07, 6.45) is 0.783. The molecular formula is C25H33N3O3. The van der Waals surface area contributed by atoms with Gasteiger partial charge in [0.2, 0.25) is 5.91 Å². The Morgan fingerprint density at radius 3 is 2.61 bits per heavy atom. The van der Waals surface area contributed by atoms with Gasteiger partial charge in [-0.25, -0.2) is 0 Å². The normalized spacial score (nSPS) is 19.4. The van der Waals surface area contributed by atoms with Gasteiger partial charge in [0, 0.05) is 38.2 Å². The van der Waals surface area contributed by atoms with Gasteiger partial charge in [-0.15, -0.1) is 0 Å². The van der Waals surface area contributed by atoms with Gasteiger partial charge in [0.1, 0.15) is 11.5 Å². The minimum atomic E-state index is -0.0248. The van der Waals surface area contributed by atoms with E-state index in [1.807, 2.05) is 25.1 Å². The van der Waals surface area contributed by atoms with E-state index in [1.54, 1.807) is 0 Å². The standard InChI is InChI=1S/C25H33N3O3/c1-3-27-11-13-28(14-12-27)18-25(29)26-23-10-15-31-24-9-8-20(17-22(23)24)19-6-5-7-21(16-19)30-4-2/h5-9,16-17,23H,3-4,10-15,18H2,1-2H3,(H,26,29). The second-order valence-corrected chi connectivity index (χ2v) is 8.18. The Morgan fingerprint density at radius 2 is 1.84 bits per heavy atom. The van der Waals surface area contributed by atoms with Gasteiger partial charge >= 0.3 is 0 Å². The molecule has 2 aromatic carbocycles. The van der Waals surface area contributed by atoms with Crippen LogP contribution in [0.25, 0.3) is 11.1 Å². The Kier molecular flexibility index (Phi) is 7.10.